The number of halogens is 1. The first-order chi connectivity index (χ1) is 9.44. The minimum atomic E-state index is -3.78. The molecule has 2 aromatic carbocycles. The van der Waals surface area contributed by atoms with Crippen LogP contribution in [0.5, 0.6) is 5.75 Å². The second kappa shape index (κ2) is 5.50. The predicted octanol–water partition coefficient (Wildman–Crippen LogP) is 2.94. The van der Waals surface area contributed by atoms with E-state index in [0.29, 0.717) is 5.69 Å². The maximum atomic E-state index is 13.3. The molecule has 6 heteroatoms. The van der Waals surface area contributed by atoms with Crippen LogP contribution in [0, 0.1) is 12.7 Å². The van der Waals surface area contributed by atoms with Gasteiger partial charge < -0.3 is 4.74 Å². The molecule has 106 valence electrons. The maximum Gasteiger partial charge on any atom is 0.262 e. The van der Waals surface area contributed by atoms with E-state index < -0.39 is 15.8 Å². The Morgan fingerprint density at radius 2 is 1.85 bits per heavy atom. The second-order valence-electron chi connectivity index (χ2n) is 4.22. The molecule has 0 amide bonds. The Bertz CT molecular complexity index is 729. The largest absolute Gasteiger partial charge is 0.494 e. The summed E-state index contributed by atoms with van der Waals surface area (Å²) < 4.78 is 45.1. The van der Waals surface area contributed by atoms with E-state index in [4.69, 9.17) is 4.74 Å². The molecule has 0 aliphatic heterocycles. The van der Waals surface area contributed by atoms with Gasteiger partial charge in [0, 0.05) is 6.07 Å². The highest BCUT2D eigenvalue weighted by Gasteiger charge is 2.17. The zero-order chi connectivity index (χ0) is 14.8. The number of methoxy groups -OCH3 is 1. The highest BCUT2D eigenvalue weighted by molar-refractivity contribution is 7.92. The van der Waals surface area contributed by atoms with Crippen LogP contribution in [0.15, 0.2) is 47.4 Å². The van der Waals surface area contributed by atoms with Gasteiger partial charge in [-0.05, 0) is 30.7 Å². The number of hydrogen-bond acceptors (Lipinski definition) is 3. The molecule has 0 aromatic heterocycles. The van der Waals surface area contributed by atoms with Crippen molar-refractivity contribution in [2.45, 2.75) is 11.8 Å². The molecule has 0 atom stereocenters. The third-order valence-electron chi connectivity index (χ3n) is 2.82. The number of benzene rings is 2. The zero-order valence-electron chi connectivity index (χ0n) is 11.1. The summed E-state index contributed by atoms with van der Waals surface area (Å²) in [5, 5.41) is 0. The molecule has 0 unspecified atom stereocenters. The van der Waals surface area contributed by atoms with Crippen molar-refractivity contribution in [3.05, 3.63) is 53.8 Å². The van der Waals surface area contributed by atoms with Crippen LogP contribution in [0.4, 0.5) is 10.1 Å². The van der Waals surface area contributed by atoms with Crippen LogP contribution in [0.25, 0.3) is 0 Å². The van der Waals surface area contributed by atoms with Crippen molar-refractivity contribution in [1.82, 2.24) is 0 Å². The second-order valence-corrected chi connectivity index (χ2v) is 5.90. The van der Waals surface area contributed by atoms with Crippen molar-refractivity contribution in [3.8, 4) is 5.75 Å². The van der Waals surface area contributed by atoms with Crippen LogP contribution in [-0.4, -0.2) is 15.5 Å². The van der Waals surface area contributed by atoms with Crippen molar-refractivity contribution >= 4 is 15.7 Å². The van der Waals surface area contributed by atoms with E-state index in [9.17, 15) is 12.8 Å². The Morgan fingerprint density at radius 3 is 2.50 bits per heavy atom. The molecule has 4 nitrogen and oxygen atoms in total. The summed E-state index contributed by atoms with van der Waals surface area (Å²) in [6.45, 7) is 1.79. The standard InChI is InChI=1S/C14H14FNO3S/c1-10-5-3-4-6-13(10)16-20(17,18)11-7-8-12(15)14(9-11)19-2/h3-9,16H,1-2H3. The number of anilines is 1. The lowest BCUT2D eigenvalue weighted by molar-refractivity contribution is 0.385. The molecule has 2 aromatic rings. The molecule has 0 aliphatic rings. The Labute approximate surface area is 117 Å². The molecular weight excluding hydrogens is 281 g/mol. The van der Waals surface area contributed by atoms with E-state index in [1.807, 2.05) is 6.07 Å². The van der Waals surface area contributed by atoms with E-state index in [0.717, 1.165) is 17.7 Å². The van der Waals surface area contributed by atoms with Crippen molar-refractivity contribution in [3.63, 3.8) is 0 Å². The number of nitrogens with one attached hydrogen (secondary N) is 1. The van der Waals surface area contributed by atoms with Crippen molar-refractivity contribution in [2.24, 2.45) is 0 Å². The lowest BCUT2D eigenvalue weighted by Crippen LogP contribution is -2.14. The van der Waals surface area contributed by atoms with Gasteiger partial charge in [0.2, 0.25) is 0 Å². The predicted molar refractivity (Wildman–Crippen MR) is 74.9 cm³/mol. The minimum Gasteiger partial charge on any atom is -0.494 e. The van der Waals surface area contributed by atoms with Crippen molar-refractivity contribution < 1.29 is 17.5 Å². The summed E-state index contributed by atoms with van der Waals surface area (Å²) >= 11 is 0. The van der Waals surface area contributed by atoms with Gasteiger partial charge in [-0.15, -0.1) is 0 Å². The molecule has 1 N–H and O–H groups in total. The van der Waals surface area contributed by atoms with Crippen LogP contribution in [0.1, 0.15) is 5.56 Å². The molecule has 0 heterocycles. The summed E-state index contributed by atoms with van der Waals surface area (Å²) in [5.74, 6) is -0.722. The average Bonchev–Trinajstić information content (AvgIpc) is 2.41. The number of para-hydroxylation sites is 1. The first-order valence-electron chi connectivity index (χ1n) is 5.86. The van der Waals surface area contributed by atoms with E-state index in [1.165, 1.54) is 13.2 Å². The van der Waals surface area contributed by atoms with E-state index >= 15 is 0 Å². The Morgan fingerprint density at radius 1 is 1.15 bits per heavy atom. The quantitative estimate of drug-likeness (QED) is 0.943. The first-order valence-corrected chi connectivity index (χ1v) is 7.34. The Kier molecular flexibility index (Phi) is 3.94. The lowest BCUT2D eigenvalue weighted by Gasteiger charge is -2.11. The fourth-order valence-electron chi connectivity index (χ4n) is 1.70. The van der Waals surface area contributed by atoms with Gasteiger partial charge in [0.05, 0.1) is 17.7 Å². The van der Waals surface area contributed by atoms with Crippen molar-refractivity contribution in [1.29, 1.82) is 0 Å². The van der Waals surface area contributed by atoms with Crippen LogP contribution >= 0.6 is 0 Å². The van der Waals surface area contributed by atoms with Gasteiger partial charge in [-0.3, -0.25) is 4.72 Å². The molecule has 0 saturated carbocycles. The van der Waals surface area contributed by atoms with Gasteiger partial charge in [-0.1, -0.05) is 18.2 Å². The Hall–Kier alpha value is -2.08. The zero-order valence-corrected chi connectivity index (χ0v) is 11.9. The molecular formula is C14H14FNO3S. The lowest BCUT2D eigenvalue weighted by atomic mass is 10.2. The van der Waals surface area contributed by atoms with Crippen LogP contribution in [0.3, 0.4) is 0 Å². The van der Waals surface area contributed by atoms with Crippen LogP contribution < -0.4 is 9.46 Å². The topological polar surface area (TPSA) is 55.4 Å². The number of sulfonamides is 1. The first kappa shape index (κ1) is 14.3. The summed E-state index contributed by atoms with van der Waals surface area (Å²) in [6, 6.07) is 10.4. The van der Waals surface area contributed by atoms with Crippen molar-refractivity contribution in [2.75, 3.05) is 11.8 Å². The number of hydrogen-bond donors (Lipinski definition) is 1. The molecule has 0 aliphatic carbocycles. The number of aryl methyl sites for hydroxylation is 1. The van der Waals surface area contributed by atoms with Crippen LogP contribution in [-0.2, 0) is 10.0 Å². The summed E-state index contributed by atoms with van der Waals surface area (Å²) in [5.41, 5.74) is 1.28. The molecule has 0 radical (unpaired) electrons. The van der Waals surface area contributed by atoms with Gasteiger partial charge in [-0.2, -0.15) is 0 Å². The minimum absolute atomic E-state index is 0.0565. The van der Waals surface area contributed by atoms with Gasteiger partial charge >= 0.3 is 0 Å². The average molecular weight is 295 g/mol. The van der Waals surface area contributed by atoms with Crippen LogP contribution in [0.2, 0.25) is 0 Å². The smallest absolute Gasteiger partial charge is 0.262 e. The molecule has 0 bridgehead atoms. The molecule has 0 spiro atoms. The fraction of sp³-hybridized carbons (Fsp3) is 0.143. The number of ether oxygens (including phenoxy) is 1. The molecule has 0 fully saturated rings. The van der Waals surface area contributed by atoms with E-state index in [-0.39, 0.29) is 10.6 Å². The monoisotopic (exact) mass is 295 g/mol. The third-order valence-corrected chi connectivity index (χ3v) is 4.19. The summed E-state index contributed by atoms with van der Waals surface area (Å²) in [4.78, 5) is -0.0565. The highest BCUT2D eigenvalue weighted by Crippen LogP contribution is 2.24. The SMILES string of the molecule is COc1cc(S(=O)(=O)Nc2ccccc2C)ccc1F. The normalized spacial score (nSPS) is 11.2. The third kappa shape index (κ3) is 2.91. The molecule has 0 saturated heterocycles. The van der Waals surface area contributed by atoms with E-state index in [2.05, 4.69) is 4.72 Å². The maximum absolute atomic E-state index is 13.3. The van der Waals surface area contributed by atoms with Gasteiger partial charge in [0.25, 0.3) is 10.0 Å². The Balaban J connectivity index is 2.38. The number of rotatable bonds is 4. The van der Waals surface area contributed by atoms with Gasteiger partial charge in [0.1, 0.15) is 0 Å². The highest BCUT2D eigenvalue weighted by atomic mass is 32.2. The summed E-state index contributed by atoms with van der Waals surface area (Å²) in [7, 11) is -2.50. The molecule has 2 rings (SSSR count). The van der Waals surface area contributed by atoms with E-state index in [1.54, 1.807) is 25.1 Å². The summed E-state index contributed by atoms with van der Waals surface area (Å²) in [6.07, 6.45) is 0. The van der Waals surface area contributed by atoms with Gasteiger partial charge in [0.15, 0.2) is 11.6 Å². The van der Waals surface area contributed by atoms with Gasteiger partial charge in [-0.25, -0.2) is 12.8 Å². The fourth-order valence-corrected chi connectivity index (χ4v) is 2.84. The molecule has 20 heavy (non-hydrogen) atoms.